The van der Waals surface area contributed by atoms with Crippen LogP contribution in [0, 0.1) is 0 Å². The van der Waals surface area contributed by atoms with Gasteiger partial charge in [0, 0.05) is 0 Å². The summed E-state index contributed by atoms with van der Waals surface area (Å²) in [5.74, 6) is 15.3. The Labute approximate surface area is 157 Å². The van der Waals surface area contributed by atoms with Gasteiger partial charge in [-0.3, -0.25) is 0 Å². The topological polar surface area (TPSA) is 0 Å². The van der Waals surface area contributed by atoms with E-state index < -0.39 is 53.3 Å². The second-order valence-electron chi connectivity index (χ2n) is 12.7. The Balaban J connectivity index is 7.46. The molecule has 0 aromatic carbocycles. The summed E-state index contributed by atoms with van der Waals surface area (Å²) in [7, 11) is -3.08. The van der Waals surface area contributed by atoms with Gasteiger partial charge in [-0.1, -0.05) is 0 Å². The van der Waals surface area contributed by atoms with Crippen LogP contribution in [0.25, 0.3) is 0 Å². The van der Waals surface area contributed by atoms with Crippen molar-refractivity contribution in [2.75, 3.05) is 0 Å². The van der Waals surface area contributed by atoms with E-state index >= 15 is 4.11 Å². The molecule has 0 fully saturated rings. The molecule has 0 aliphatic carbocycles. The van der Waals surface area contributed by atoms with Crippen molar-refractivity contribution in [1.29, 1.82) is 0 Å². The van der Waals surface area contributed by atoms with Gasteiger partial charge < -0.3 is 0 Å². The molecule has 5 heteroatoms. The third-order valence-electron chi connectivity index (χ3n) is 5.96. The van der Waals surface area contributed by atoms with Crippen LogP contribution in [0.3, 0.4) is 0 Å². The molecule has 140 valence electrons. The molecule has 0 aliphatic heterocycles. The van der Waals surface area contributed by atoms with Crippen LogP contribution in [0.4, 0.5) is 4.11 Å². The first kappa shape index (κ1) is 25.0. The average molecular weight is 573 g/mol. The Morgan fingerprint density at radius 1 is 0.652 bits per heavy atom. The Morgan fingerprint density at radius 2 is 0.870 bits per heavy atom. The van der Waals surface area contributed by atoms with Crippen molar-refractivity contribution in [2.45, 2.75) is 102 Å². The molecule has 0 unspecified atom stereocenters. The second kappa shape index (κ2) is 6.57. The van der Waals surface area contributed by atoms with Crippen molar-refractivity contribution < 1.29 is 4.11 Å². The third kappa shape index (κ3) is 3.72. The number of hydrogen-bond acceptors (Lipinski definition) is 0. The summed E-state index contributed by atoms with van der Waals surface area (Å²) in [5.41, 5.74) is 0. The molecule has 0 aliphatic rings. The number of rotatable bonds is 4. The molecular formula is C18H45FGe2SiSn. The molecule has 0 nitrogen and oxygen atoms in total. The van der Waals surface area contributed by atoms with Crippen LogP contribution in [0.15, 0.2) is 0 Å². The van der Waals surface area contributed by atoms with Gasteiger partial charge in [0.2, 0.25) is 0 Å². The van der Waals surface area contributed by atoms with E-state index in [1.165, 1.54) is 0 Å². The van der Waals surface area contributed by atoms with E-state index in [1.807, 2.05) is 0 Å². The van der Waals surface area contributed by atoms with Gasteiger partial charge in [-0.2, -0.15) is 0 Å². The van der Waals surface area contributed by atoms with Gasteiger partial charge in [0.05, 0.1) is 0 Å². The van der Waals surface area contributed by atoms with Crippen molar-refractivity contribution in [3.05, 3.63) is 0 Å². The normalized spacial score (nSPS) is 16.7. The van der Waals surface area contributed by atoms with Gasteiger partial charge in [0.1, 0.15) is 0 Å². The molecular weight excluding hydrogens is 527 g/mol. The zero-order valence-electron chi connectivity index (χ0n) is 18.9. The Bertz CT molecular complexity index is 378. The van der Waals surface area contributed by atoms with E-state index in [-0.39, 0.29) is 10.8 Å². The third-order valence-corrected chi connectivity index (χ3v) is 107. The first-order valence-electron chi connectivity index (χ1n) is 9.19. The summed E-state index contributed by atoms with van der Waals surface area (Å²) in [6.45, 7) is 13.4. The zero-order chi connectivity index (χ0) is 19.5. The van der Waals surface area contributed by atoms with Crippen molar-refractivity contribution >= 4 is 53.3 Å². The fourth-order valence-electron chi connectivity index (χ4n) is 7.18. The van der Waals surface area contributed by atoms with Crippen LogP contribution in [0.5, 0.6) is 0 Å². The van der Waals surface area contributed by atoms with Crippen LogP contribution in [0.1, 0.15) is 41.5 Å². The van der Waals surface area contributed by atoms with Gasteiger partial charge in [-0.15, -0.1) is 0 Å². The van der Waals surface area contributed by atoms with Crippen molar-refractivity contribution in [3.63, 3.8) is 0 Å². The van der Waals surface area contributed by atoms with Crippen molar-refractivity contribution in [1.82, 2.24) is 0 Å². The molecule has 0 rings (SSSR count). The monoisotopic (exact) mass is 576 g/mol. The summed E-state index contributed by atoms with van der Waals surface area (Å²) in [4.78, 5) is 7.71. The van der Waals surface area contributed by atoms with E-state index in [0.717, 1.165) is 0 Å². The fraction of sp³-hybridized carbons (Fsp3) is 1.00. The molecule has 23 heavy (non-hydrogen) atoms. The summed E-state index contributed by atoms with van der Waals surface area (Å²) in [6, 6.07) is 0. The maximum atomic E-state index is 17.9. The quantitative estimate of drug-likeness (QED) is 0.238. The van der Waals surface area contributed by atoms with Gasteiger partial charge in [0.15, 0.2) is 0 Å². The molecule has 0 atom stereocenters. The predicted octanol–water partition coefficient (Wildman–Crippen LogP) is 7.87. The molecule has 0 aromatic heterocycles. The van der Waals surface area contributed by atoms with E-state index in [9.17, 15) is 0 Å². The van der Waals surface area contributed by atoms with Crippen LogP contribution < -0.4 is 0 Å². The average Bonchev–Trinajstić information content (AvgIpc) is 2.05. The molecule has 0 radical (unpaired) electrons. The first-order chi connectivity index (χ1) is 9.50. The van der Waals surface area contributed by atoms with E-state index in [0.29, 0.717) is 0 Å². The molecule has 0 saturated carbocycles. The standard InChI is InChI=1S/C15H36FGe2Si.3CH3.Sn/c1-14(2,3)19(16,15(4,5)6)13(17(7,8)9)18(10,11)12;;;;/h1-12H3;3*1H3;. The number of hydrogen-bond donors (Lipinski definition) is 0. The first-order valence-corrected chi connectivity index (χ1v) is 35.7. The van der Waals surface area contributed by atoms with Crippen molar-refractivity contribution in [2.24, 2.45) is 0 Å². The summed E-state index contributed by atoms with van der Waals surface area (Å²) in [6.07, 6.45) is 0. The minimum absolute atomic E-state index is 0.188. The summed E-state index contributed by atoms with van der Waals surface area (Å²) in [5, 5.41) is -0.376. The summed E-state index contributed by atoms with van der Waals surface area (Å²) < 4.78 is 18.1. The molecule has 0 N–H and O–H groups in total. The maximum absolute atomic E-state index is 17.9. The van der Waals surface area contributed by atoms with Crippen LogP contribution in [0.2, 0.25) is 60.2 Å². The Kier molecular flexibility index (Phi) is 7.16. The molecule has 0 amide bonds. The number of halogens is 1. The zero-order valence-corrected chi connectivity index (χ0v) is 26.9. The second-order valence-corrected chi connectivity index (χ2v) is 66.5. The molecule has 0 bridgehead atoms. The minimum atomic E-state index is -3.08. The van der Waals surface area contributed by atoms with Gasteiger partial charge in [0.25, 0.3) is 0 Å². The summed E-state index contributed by atoms with van der Waals surface area (Å²) >= 11 is -7.22. The van der Waals surface area contributed by atoms with E-state index in [4.69, 9.17) is 0 Å². The van der Waals surface area contributed by atoms with E-state index in [1.54, 1.807) is 0 Å². The molecule has 0 aromatic rings. The van der Waals surface area contributed by atoms with Crippen LogP contribution in [-0.2, 0) is 0 Å². The van der Waals surface area contributed by atoms with Crippen LogP contribution in [-0.4, -0.2) is 53.3 Å². The van der Waals surface area contributed by atoms with Gasteiger partial charge >= 0.3 is 159 Å². The fourth-order valence-corrected chi connectivity index (χ4v) is 158. The van der Waals surface area contributed by atoms with Crippen molar-refractivity contribution in [3.8, 4) is 0 Å². The molecule has 0 saturated heterocycles. The Morgan fingerprint density at radius 3 is 0.913 bits per heavy atom. The molecule has 0 heterocycles. The van der Waals surface area contributed by atoms with E-state index in [2.05, 4.69) is 90.9 Å². The Hall–Kier alpha value is 2.03. The van der Waals surface area contributed by atoms with Gasteiger partial charge in [-0.25, -0.2) is 0 Å². The van der Waals surface area contributed by atoms with Gasteiger partial charge in [-0.05, 0) is 0 Å². The van der Waals surface area contributed by atoms with Crippen LogP contribution >= 0.6 is 0 Å². The SMILES string of the molecule is CC(C)(C)[Si](F)(C(C)(C)C)[C]([Ge]([CH3])([CH3])[CH3])([Ge]([CH3])([CH3])[CH3])[Sn]([CH3])([CH3])[CH3]. The predicted molar refractivity (Wildman–Crippen MR) is 119 cm³/mol. The molecule has 0 spiro atoms.